The minimum Gasteiger partial charge on any atom is -0.483 e. The lowest BCUT2D eigenvalue weighted by molar-refractivity contribution is -0.585. The largest absolute Gasteiger partial charge is 0.483 e. The van der Waals surface area contributed by atoms with E-state index in [1.807, 2.05) is 12.1 Å². The average Bonchev–Trinajstić information content (AvgIpc) is 2.55. The third kappa shape index (κ3) is 0.953. The maximum absolute atomic E-state index is 5.43. The summed E-state index contributed by atoms with van der Waals surface area (Å²) in [4.78, 5) is 0. The van der Waals surface area contributed by atoms with Crippen molar-refractivity contribution in [1.29, 1.82) is 0 Å². The van der Waals surface area contributed by atoms with Gasteiger partial charge in [0.1, 0.15) is 11.4 Å². The first-order chi connectivity index (χ1) is 6.88. The average molecular weight is 199 g/mol. The Morgan fingerprint density at radius 3 is 1.64 bits per heavy atom. The van der Waals surface area contributed by atoms with E-state index < -0.39 is 0 Å². The lowest BCUT2D eigenvalue weighted by Gasteiger charge is -2.17. The summed E-state index contributed by atoms with van der Waals surface area (Å²) in [6, 6.07) is 16.7. The number of fused-ring (bicyclic) bond motifs is 3. The molecule has 0 saturated carbocycles. The van der Waals surface area contributed by atoms with Crippen LogP contribution in [-0.2, 0) is 12.8 Å². The van der Waals surface area contributed by atoms with E-state index in [0.29, 0.717) is 0 Å². The van der Waals surface area contributed by atoms with Crippen LogP contribution in [0.15, 0.2) is 48.5 Å². The number of rotatable bonds is 0. The summed E-state index contributed by atoms with van der Waals surface area (Å²) in [6.45, 7) is 0. The highest BCUT2D eigenvalue weighted by atomic mass is 32.1. The number of nitrogens with one attached hydrogen (secondary N) is 1. The molecule has 0 saturated heterocycles. The molecule has 0 aromatic heterocycles. The molecule has 0 unspecified atom stereocenters. The van der Waals surface area contributed by atoms with Crippen LogP contribution < -0.4 is 4.31 Å². The Labute approximate surface area is 88.5 Å². The van der Waals surface area contributed by atoms with Crippen LogP contribution in [0.1, 0.15) is 0 Å². The minimum atomic E-state index is 0.983. The molecule has 0 radical (unpaired) electrons. The van der Waals surface area contributed by atoms with Crippen molar-refractivity contribution in [2.75, 3.05) is 0 Å². The van der Waals surface area contributed by atoms with Crippen molar-refractivity contribution in [1.82, 2.24) is 0 Å². The van der Waals surface area contributed by atoms with E-state index in [1.165, 1.54) is 22.5 Å². The molecule has 2 heteroatoms. The Kier molecular flexibility index (Phi) is 1.66. The predicted octanol–water partition coefficient (Wildman–Crippen LogP) is 1.98. The van der Waals surface area contributed by atoms with Crippen molar-refractivity contribution < 1.29 is 4.31 Å². The molecule has 0 spiro atoms. The SMILES string of the molecule is [S-][NH+]1c2ccccc2-c2ccccc21. The molecule has 1 N–H and O–H groups in total. The first kappa shape index (κ1) is 8.09. The van der Waals surface area contributed by atoms with Crippen LogP contribution in [0.2, 0.25) is 0 Å². The van der Waals surface area contributed by atoms with Gasteiger partial charge in [0.15, 0.2) is 0 Å². The Bertz CT molecular complexity index is 448. The van der Waals surface area contributed by atoms with Gasteiger partial charge in [-0.05, 0) is 24.3 Å². The van der Waals surface area contributed by atoms with E-state index in [9.17, 15) is 0 Å². The molecule has 0 fully saturated rings. The molecule has 0 bridgehead atoms. The first-order valence-electron chi connectivity index (χ1n) is 4.61. The fourth-order valence-corrected chi connectivity index (χ4v) is 2.33. The fourth-order valence-electron chi connectivity index (χ4n) is 1.98. The third-order valence-corrected chi connectivity index (χ3v) is 3.07. The van der Waals surface area contributed by atoms with Gasteiger partial charge in [0.2, 0.25) is 0 Å². The Morgan fingerprint density at radius 1 is 0.714 bits per heavy atom. The van der Waals surface area contributed by atoms with Crippen LogP contribution >= 0.6 is 0 Å². The molecule has 2 aromatic carbocycles. The molecule has 1 nitrogen and oxygen atoms in total. The smallest absolute Gasteiger partial charge is 0.126 e. The number of benzene rings is 2. The second kappa shape index (κ2) is 2.87. The summed E-state index contributed by atoms with van der Waals surface area (Å²) in [6.07, 6.45) is 0. The molecule has 3 rings (SSSR count). The number of hydrogen-bond acceptors (Lipinski definition) is 1. The second-order valence-corrected chi connectivity index (χ2v) is 3.83. The van der Waals surface area contributed by atoms with Crippen molar-refractivity contribution in [3.8, 4) is 11.1 Å². The summed E-state index contributed by atoms with van der Waals surface area (Å²) in [5.74, 6) is 0. The molecular formula is C12H9NS. The van der Waals surface area contributed by atoms with Crippen LogP contribution in [0.4, 0.5) is 11.4 Å². The van der Waals surface area contributed by atoms with Gasteiger partial charge in [0, 0.05) is 11.1 Å². The van der Waals surface area contributed by atoms with Crippen LogP contribution in [0.3, 0.4) is 0 Å². The summed E-state index contributed by atoms with van der Waals surface area (Å²) >= 11 is 5.43. The van der Waals surface area contributed by atoms with Gasteiger partial charge in [-0.25, -0.2) is 0 Å². The van der Waals surface area contributed by atoms with Crippen LogP contribution in [0.5, 0.6) is 0 Å². The van der Waals surface area contributed by atoms with Gasteiger partial charge >= 0.3 is 0 Å². The third-order valence-electron chi connectivity index (χ3n) is 2.63. The molecule has 0 atom stereocenters. The Hall–Kier alpha value is -1.25. The van der Waals surface area contributed by atoms with Gasteiger partial charge in [-0.1, -0.05) is 24.3 Å². The van der Waals surface area contributed by atoms with E-state index in [0.717, 1.165) is 4.31 Å². The summed E-state index contributed by atoms with van der Waals surface area (Å²) < 4.78 is 0.983. The highest BCUT2D eigenvalue weighted by molar-refractivity contribution is 7.51. The lowest BCUT2D eigenvalue weighted by Crippen LogP contribution is -2.95. The van der Waals surface area contributed by atoms with Crippen molar-refractivity contribution >= 4 is 24.2 Å². The molecule has 0 amide bonds. The van der Waals surface area contributed by atoms with Crippen molar-refractivity contribution in [3.63, 3.8) is 0 Å². The highest BCUT2D eigenvalue weighted by Gasteiger charge is 2.23. The van der Waals surface area contributed by atoms with E-state index in [1.54, 1.807) is 0 Å². The zero-order valence-electron chi connectivity index (χ0n) is 7.53. The standard InChI is InChI=1S/C12H9NS/c14-13-11-7-3-1-5-9(11)10-6-2-4-8-12(10)13/h1-8,13H. The van der Waals surface area contributed by atoms with E-state index >= 15 is 0 Å². The van der Waals surface area contributed by atoms with Gasteiger partial charge < -0.3 is 17.1 Å². The molecule has 1 heterocycles. The summed E-state index contributed by atoms with van der Waals surface area (Å²) in [5.41, 5.74) is 4.94. The van der Waals surface area contributed by atoms with Crippen molar-refractivity contribution in [2.45, 2.75) is 0 Å². The minimum absolute atomic E-state index is 0.983. The molecule has 0 aliphatic carbocycles. The normalized spacial score (nSPS) is 13.8. The van der Waals surface area contributed by atoms with Crippen molar-refractivity contribution in [3.05, 3.63) is 48.5 Å². The first-order valence-corrected chi connectivity index (χ1v) is 5.02. The van der Waals surface area contributed by atoms with Crippen LogP contribution in [0, 0.1) is 0 Å². The van der Waals surface area contributed by atoms with Gasteiger partial charge in [0.05, 0.1) is 0 Å². The number of para-hydroxylation sites is 2. The predicted molar refractivity (Wildman–Crippen MR) is 59.5 cm³/mol. The Morgan fingerprint density at radius 2 is 1.14 bits per heavy atom. The quantitative estimate of drug-likeness (QED) is 0.636. The molecule has 2 aromatic rings. The Balaban J connectivity index is 2.36. The van der Waals surface area contributed by atoms with Gasteiger partial charge in [-0.2, -0.15) is 0 Å². The number of quaternary nitrogens is 1. The van der Waals surface area contributed by atoms with E-state index in [4.69, 9.17) is 12.8 Å². The maximum Gasteiger partial charge on any atom is 0.126 e. The summed E-state index contributed by atoms with van der Waals surface area (Å²) in [7, 11) is 0. The molecule has 14 heavy (non-hydrogen) atoms. The topological polar surface area (TPSA) is 4.44 Å². The fraction of sp³-hybridized carbons (Fsp3) is 0. The maximum atomic E-state index is 5.43. The lowest BCUT2D eigenvalue weighted by atomic mass is 10.1. The molecular weight excluding hydrogens is 190 g/mol. The van der Waals surface area contributed by atoms with E-state index in [2.05, 4.69) is 36.4 Å². The summed E-state index contributed by atoms with van der Waals surface area (Å²) in [5, 5.41) is 0. The van der Waals surface area contributed by atoms with Crippen molar-refractivity contribution in [2.24, 2.45) is 0 Å². The van der Waals surface area contributed by atoms with Gasteiger partial charge in [0.25, 0.3) is 0 Å². The second-order valence-electron chi connectivity index (χ2n) is 3.42. The molecule has 1 aliphatic rings. The molecule has 1 aliphatic heterocycles. The van der Waals surface area contributed by atoms with E-state index in [-0.39, 0.29) is 0 Å². The van der Waals surface area contributed by atoms with Gasteiger partial charge in [-0.15, -0.1) is 0 Å². The zero-order chi connectivity index (χ0) is 9.54. The van der Waals surface area contributed by atoms with Gasteiger partial charge in [-0.3, -0.25) is 0 Å². The van der Waals surface area contributed by atoms with Crippen LogP contribution in [-0.4, -0.2) is 0 Å². The monoisotopic (exact) mass is 199 g/mol. The van der Waals surface area contributed by atoms with Crippen LogP contribution in [0.25, 0.3) is 11.1 Å². The molecule has 68 valence electrons. The highest BCUT2D eigenvalue weighted by Crippen LogP contribution is 2.35. The number of hydrogen-bond donors (Lipinski definition) is 1. The zero-order valence-corrected chi connectivity index (χ0v) is 8.34.